The Hall–Kier alpha value is -0.170. The molecule has 1 heterocycles. The Bertz CT molecular complexity index is 37.2. The highest BCUT2D eigenvalue weighted by Crippen LogP contribution is 2.08. The Morgan fingerprint density at radius 3 is 2.67 bits per heavy atom. The van der Waals surface area contributed by atoms with Gasteiger partial charge in [0.1, 0.15) is 5.92 Å². The maximum Gasteiger partial charge on any atom is 0.121 e. The van der Waals surface area contributed by atoms with E-state index in [4.69, 9.17) is 4.74 Å². The van der Waals surface area contributed by atoms with E-state index < -0.39 is 0 Å². The molecule has 1 aliphatic heterocycles. The first-order valence-corrected chi connectivity index (χ1v) is 2.30. The second kappa shape index (κ2) is 1.52. The minimum atomic E-state index is 0.574. The van der Waals surface area contributed by atoms with E-state index in [2.05, 4.69) is 6.92 Å². The van der Waals surface area contributed by atoms with Crippen molar-refractivity contribution >= 4 is 0 Å². The van der Waals surface area contributed by atoms with Crippen molar-refractivity contribution in [2.24, 2.45) is 5.92 Å². The average molecular weight is 85.1 g/mol. The fourth-order valence-corrected chi connectivity index (χ4v) is 0.583. The number of hydrogen-bond acceptors (Lipinski definition) is 1. The van der Waals surface area contributed by atoms with Crippen LogP contribution in [0, 0.1) is 12.8 Å². The third-order valence-corrected chi connectivity index (χ3v) is 1.02. The molecule has 1 aliphatic rings. The Kier molecular flexibility index (Phi) is 1.01. The predicted octanol–water partition coefficient (Wildman–Crippen LogP) is 0.857. The summed E-state index contributed by atoms with van der Waals surface area (Å²) in [5, 5.41) is 0. The summed E-state index contributed by atoms with van der Waals surface area (Å²) in [4.78, 5) is 0. The van der Waals surface area contributed by atoms with E-state index in [-0.39, 0.29) is 0 Å². The molecular weight excluding hydrogens is 76.1 g/mol. The highest BCUT2D eigenvalue weighted by molar-refractivity contribution is 4.64. The molecule has 0 saturated carbocycles. The number of ether oxygens (including phenoxy) is 1. The number of hydrogen-bond donors (Lipinski definition) is 0. The summed E-state index contributed by atoms with van der Waals surface area (Å²) < 4.78 is 4.99. The molecule has 1 nitrogen and oxygen atoms in total. The zero-order valence-electron chi connectivity index (χ0n) is 3.81. The lowest BCUT2D eigenvalue weighted by molar-refractivity contribution is 0.191. The van der Waals surface area contributed by atoms with Crippen molar-refractivity contribution in [3.05, 3.63) is 6.92 Å². The SMILES string of the molecule is [CH2+]C1CCOC1. The quantitative estimate of drug-likeness (QED) is 0.396. The molecule has 0 spiro atoms. The number of rotatable bonds is 0. The van der Waals surface area contributed by atoms with Crippen molar-refractivity contribution in [3.8, 4) is 0 Å². The van der Waals surface area contributed by atoms with Gasteiger partial charge in [0.2, 0.25) is 0 Å². The Morgan fingerprint density at radius 1 is 1.67 bits per heavy atom. The molecule has 6 heavy (non-hydrogen) atoms. The van der Waals surface area contributed by atoms with Crippen LogP contribution in [0.4, 0.5) is 0 Å². The van der Waals surface area contributed by atoms with Crippen LogP contribution in [0.2, 0.25) is 0 Å². The summed E-state index contributed by atoms with van der Waals surface area (Å²) in [7, 11) is 0. The van der Waals surface area contributed by atoms with Crippen LogP contribution in [0.5, 0.6) is 0 Å². The van der Waals surface area contributed by atoms with Crippen LogP contribution in [0.25, 0.3) is 0 Å². The molecule has 1 rings (SSSR count). The molecule has 0 aromatic heterocycles. The van der Waals surface area contributed by atoms with Crippen LogP contribution in [-0.2, 0) is 4.74 Å². The minimum absolute atomic E-state index is 0.574. The van der Waals surface area contributed by atoms with Crippen LogP contribution in [-0.4, -0.2) is 13.2 Å². The molecule has 0 aromatic carbocycles. The average Bonchev–Trinajstić information content (AvgIpc) is 1.86. The highest BCUT2D eigenvalue weighted by Gasteiger charge is 2.14. The molecule has 0 aliphatic carbocycles. The molecule has 0 N–H and O–H groups in total. The van der Waals surface area contributed by atoms with E-state index in [1.54, 1.807) is 0 Å². The Morgan fingerprint density at radius 2 is 2.50 bits per heavy atom. The first-order chi connectivity index (χ1) is 2.89. The lowest BCUT2D eigenvalue weighted by Crippen LogP contribution is -1.88. The zero-order chi connectivity index (χ0) is 4.41. The second-order valence-electron chi connectivity index (χ2n) is 1.73. The lowest BCUT2D eigenvalue weighted by atomic mass is 10.2. The van der Waals surface area contributed by atoms with Gasteiger partial charge >= 0.3 is 0 Å². The van der Waals surface area contributed by atoms with Crippen molar-refractivity contribution in [2.45, 2.75) is 6.42 Å². The van der Waals surface area contributed by atoms with E-state index in [0.717, 1.165) is 19.6 Å². The van der Waals surface area contributed by atoms with Gasteiger partial charge < -0.3 is 4.74 Å². The van der Waals surface area contributed by atoms with Gasteiger partial charge in [0.25, 0.3) is 0 Å². The van der Waals surface area contributed by atoms with Gasteiger partial charge in [0, 0.05) is 6.42 Å². The predicted molar refractivity (Wildman–Crippen MR) is 24.3 cm³/mol. The second-order valence-corrected chi connectivity index (χ2v) is 1.73. The normalized spacial score (nSPS) is 34.3. The third kappa shape index (κ3) is 0.658. The summed E-state index contributed by atoms with van der Waals surface area (Å²) in [6, 6.07) is 0. The summed E-state index contributed by atoms with van der Waals surface area (Å²) in [6.45, 7) is 5.61. The smallest absolute Gasteiger partial charge is 0.121 e. The zero-order valence-corrected chi connectivity index (χ0v) is 3.81. The van der Waals surface area contributed by atoms with Gasteiger partial charge in [-0.3, -0.25) is 0 Å². The molecule has 1 heteroatoms. The van der Waals surface area contributed by atoms with Gasteiger partial charge in [0.15, 0.2) is 0 Å². The maximum absolute atomic E-state index is 4.99. The van der Waals surface area contributed by atoms with Crippen molar-refractivity contribution in [1.29, 1.82) is 0 Å². The van der Waals surface area contributed by atoms with Gasteiger partial charge in [-0.25, -0.2) is 0 Å². The first kappa shape index (κ1) is 4.00. The summed E-state index contributed by atoms with van der Waals surface area (Å²) in [6.07, 6.45) is 1.15. The van der Waals surface area contributed by atoms with Crippen molar-refractivity contribution in [3.63, 3.8) is 0 Å². The van der Waals surface area contributed by atoms with Crippen molar-refractivity contribution < 1.29 is 4.74 Å². The molecule has 1 saturated heterocycles. The molecule has 1 atom stereocenters. The van der Waals surface area contributed by atoms with E-state index in [0.29, 0.717) is 5.92 Å². The molecule has 0 radical (unpaired) electrons. The standard InChI is InChI=1S/C5H9O/c1-5-2-3-6-4-5/h5H,1-4H2/q+1. The molecule has 0 aromatic rings. The maximum atomic E-state index is 4.99. The van der Waals surface area contributed by atoms with E-state index >= 15 is 0 Å². The largest absolute Gasteiger partial charge is 0.377 e. The molecular formula is C5H9O+. The van der Waals surface area contributed by atoms with E-state index in [9.17, 15) is 0 Å². The minimum Gasteiger partial charge on any atom is -0.377 e. The Labute approximate surface area is 38.3 Å². The molecule has 0 bridgehead atoms. The fraction of sp³-hybridized carbons (Fsp3) is 0.800. The molecule has 0 amide bonds. The van der Waals surface area contributed by atoms with Gasteiger partial charge in [-0.15, -0.1) is 0 Å². The van der Waals surface area contributed by atoms with Crippen LogP contribution < -0.4 is 0 Å². The van der Waals surface area contributed by atoms with Gasteiger partial charge in [-0.1, -0.05) is 0 Å². The van der Waals surface area contributed by atoms with Gasteiger partial charge in [-0.2, -0.15) is 0 Å². The van der Waals surface area contributed by atoms with Crippen molar-refractivity contribution in [2.75, 3.05) is 13.2 Å². The monoisotopic (exact) mass is 85.1 g/mol. The summed E-state index contributed by atoms with van der Waals surface area (Å²) in [5.41, 5.74) is 0. The van der Waals surface area contributed by atoms with Crippen molar-refractivity contribution in [1.82, 2.24) is 0 Å². The van der Waals surface area contributed by atoms with Crippen LogP contribution >= 0.6 is 0 Å². The summed E-state index contributed by atoms with van der Waals surface area (Å²) >= 11 is 0. The topological polar surface area (TPSA) is 9.23 Å². The molecule has 1 fully saturated rings. The summed E-state index contributed by atoms with van der Waals surface area (Å²) in [5.74, 6) is 0.574. The van der Waals surface area contributed by atoms with Crippen LogP contribution in [0.3, 0.4) is 0 Å². The van der Waals surface area contributed by atoms with Crippen LogP contribution in [0.1, 0.15) is 6.42 Å². The molecule has 34 valence electrons. The fourth-order valence-electron chi connectivity index (χ4n) is 0.583. The first-order valence-electron chi connectivity index (χ1n) is 2.30. The highest BCUT2D eigenvalue weighted by atomic mass is 16.5. The third-order valence-electron chi connectivity index (χ3n) is 1.02. The van der Waals surface area contributed by atoms with Gasteiger partial charge in [0.05, 0.1) is 20.1 Å². The van der Waals surface area contributed by atoms with E-state index in [1.165, 1.54) is 0 Å². The van der Waals surface area contributed by atoms with Crippen LogP contribution in [0.15, 0.2) is 0 Å². The van der Waals surface area contributed by atoms with E-state index in [1.807, 2.05) is 0 Å². The lowest BCUT2D eigenvalue weighted by Gasteiger charge is -1.80. The van der Waals surface area contributed by atoms with Gasteiger partial charge in [-0.05, 0) is 0 Å². The Balaban J connectivity index is 2.18. The molecule has 1 unspecified atom stereocenters.